The molecule has 1 heterocycles. The first-order valence-corrected chi connectivity index (χ1v) is 8.76. The van der Waals surface area contributed by atoms with Gasteiger partial charge in [-0.25, -0.2) is 13.1 Å². The fourth-order valence-electron chi connectivity index (χ4n) is 1.89. The highest BCUT2D eigenvalue weighted by atomic mass is 32.2. The quantitative estimate of drug-likeness (QED) is 0.705. The topological polar surface area (TPSA) is 73.9 Å². The zero-order valence-electron chi connectivity index (χ0n) is 12.1. The summed E-state index contributed by atoms with van der Waals surface area (Å²) in [5, 5.41) is 0. The lowest BCUT2D eigenvalue weighted by Crippen LogP contribution is -2.26. The Kier molecular flexibility index (Phi) is 5.69. The van der Waals surface area contributed by atoms with Gasteiger partial charge in [0.15, 0.2) is 11.5 Å². The van der Waals surface area contributed by atoms with Crippen LogP contribution in [0.25, 0.3) is 0 Å². The Labute approximate surface area is 125 Å². The number of rotatable bonds is 9. The Balaban J connectivity index is 1.58. The molecule has 0 saturated heterocycles. The number of nitrogens with one attached hydrogen (secondary N) is 1. The fourth-order valence-corrected chi connectivity index (χ4v) is 2.55. The summed E-state index contributed by atoms with van der Waals surface area (Å²) in [6.45, 7) is 2.97. The van der Waals surface area contributed by atoms with Gasteiger partial charge in [0.1, 0.15) is 5.75 Å². The third-order valence-electron chi connectivity index (χ3n) is 3.14. The second-order valence-electron chi connectivity index (χ2n) is 4.72. The first-order valence-electron chi connectivity index (χ1n) is 7.10. The average molecular weight is 315 g/mol. The Morgan fingerprint density at radius 2 is 2.00 bits per heavy atom. The molecule has 0 aliphatic carbocycles. The number of unbranched alkanes of at least 4 members (excludes halogenated alkanes) is 2. The van der Waals surface area contributed by atoms with Gasteiger partial charge < -0.3 is 14.2 Å². The van der Waals surface area contributed by atoms with Crippen molar-refractivity contribution in [2.45, 2.75) is 26.2 Å². The number of benzene rings is 1. The van der Waals surface area contributed by atoms with Gasteiger partial charge in [0.2, 0.25) is 16.8 Å². The molecule has 0 spiro atoms. The highest BCUT2D eigenvalue weighted by molar-refractivity contribution is 7.89. The maximum Gasteiger partial charge on any atom is 0.231 e. The number of hydrogen-bond acceptors (Lipinski definition) is 5. The molecule has 0 radical (unpaired) electrons. The molecule has 1 aromatic rings. The largest absolute Gasteiger partial charge is 0.493 e. The van der Waals surface area contributed by atoms with Crippen molar-refractivity contribution in [3.05, 3.63) is 18.2 Å². The van der Waals surface area contributed by atoms with E-state index in [4.69, 9.17) is 14.2 Å². The summed E-state index contributed by atoms with van der Waals surface area (Å²) >= 11 is 0. The molecular weight excluding hydrogens is 294 g/mol. The van der Waals surface area contributed by atoms with Crippen LogP contribution in [0.2, 0.25) is 0 Å². The van der Waals surface area contributed by atoms with Gasteiger partial charge in [-0.05, 0) is 38.3 Å². The number of ether oxygens (including phenoxy) is 3. The lowest BCUT2D eigenvalue weighted by Gasteiger charge is -2.07. The van der Waals surface area contributed by atoms with Crippen LogP contribution in [0, 0.1) is 0 Å². The Hall–Kier alpha value is -1.47. The van der Waals surface area contributed by atoms with E-state index in [1.807, 2.05) is 18.2 Å². The molecule has 1 aromatic carbocycles. The summed E-state index contributed by atoms with van der Waals surface area (Å²) < 4.78 is 41.1. The normalized spacial score (nSPS) is 13.4. The summed E-state index contributed by atoms with van der Waals surface area (Å²) in [4.78, 5) is 0. The summed E-state index contributed by atoms with van der Waals surface area (Å²) in [6, 6.07) is 5.50. The highest BCUT2D eigenvalue weighted by Crippen LogP contribution is 2.35. The molecule has 0 aromatic heterocycles. The molecule has 0 saturated carbocycles. The Bertz CT molecular complexity index is 558. The van der Waals surface area contributed by atoms with E-state index >= 15 is 0 Å². The average Bonchev–Trinajstić information content (AvgIpc) is 2.93. The van der Waals surface area contributed by atoms with Crippen LogP contribution in [0.15, 0.2) is 18.2 Å². The zero-order chi connectivity index (χ0) is 15.1. The van der Waals surface area contributed by atoms with Crippen molar-refractivity contribution in [1.82, 2.24) is 4.72 Å². The summed E-state index contributed by atoms with van der Waals surface area (Å²) in [7, 11) is -3.07. The van der Waals surface area contributed by atoms with Crippen molar-refractivity contribution in [3.63, 3.8) is 0 Å². The van der Waals surface area contributed by atoms with Crippen molar-refractivity contribution < 1.29 is 22.6 Å². The minimum absolute atomic E-state index is 0.125. The molecule has 1 N–H and O–H groups in total. The van der Waals surface area contributed by atoms with Crippen molar-refractivity contribution in [1.29, 1.82) is 0 Å². The minimum Gasteiger partial charge on any atom is -0.493 e. The first-order chi connectivity index (χ1) is 10.1. The van der Waals surface area contributed by atoms with Gasteiger partial charge in [-0.15, -0.1) is 0 Å². The smallest absolute Gasteiger partial charge is 0.231 e. The standard InChI is InChI=1S/C14H21NO5S/c1-2-21(16,17)15-8-4-3-5-9-18-12-6-7-13-14(10-12)20-11-19-13/h6-7,10,15H,2-5,8-9,11H2,1H3. The van der Waals surface area contributed by atoms with E-state index in [2.05, 4.69) is 4.72 Å². The molecule has 0 amide bonds. The van der Waals surface area contributed by atoms with Crippen LogP contribution in [0.3, 0.4) is 0 Å². The lowest BCUT2D eigenvalue weighted by atomic mass is 10.2. The lowest BCUT2D eigenvalue weighted by molar-refractivity contribution is 0.173. The van der Waals surface area contributed by atoms with Crippen LogP contribution in [-0.2, 0) is 10.0 Å². The van der Waals surface area contributed by atoms with Gasteiger partial charge in [-0.1, -0.05) is 0 Å². The van der Waals surface area contributed by atoms with E-state index in [1.165, 1.54) is 0 Å². The second kappa shape index (κ2) is 7.51. The van der Waals surface area contributed by atoms with Gasteiger partial charge in [0, 0.05) is 12.6 Å². The highest BCUT2D eigenvalue weighted by Gasteiger charge is 2.13. The van der Waals surface area contributed by atoms with Crippen molar-refractivity contribution in [2.75, 3.05) is 25.7 Å². The first kappa shape index (κ1) is 15.9. The molecule has 6 nitrogen and oxygen atoms in total. The van der Waals surface area contributed by atoms with Crippen LogP contribution in [0.4, 0.5) is 0 Å². The predicted octanol–water partition coefficient (Wildman–Crippen LogP) is 1.90. The van der Waals surface area contributed by atoms with E-state index in [9.17, 15) is 8.42 Å². The fraction of sp³-hybridized carbons (Fsp3) is 0.571. The molecule has 0 fully saturated rings. The Morgan fingerprint density at radius 3 is 2.81 bits per heavy atom. The Morgan fingerprint density at radius 1 is 1.19 bits per heavy atom. The van der Waals surface area contributed by atoms with Crippen LogP contribution in [-0.4, -0.2) is 34.1 Å². The third-order valence-corrected chi connectivity index (χ3v) is 4.54. The number of sulfonamides is 1. The third kappa shape index (κ3) is 5.09. The summed E-state index contributed by atoms with van der Waals surface area (Å²) in [5.41, 5.74) is 0. The summed E-state index contributed by atoms with van der Waals surface area (Å²) in [6.07, 6.45) is 2.60. The van der Waals surface area contributed by atoms with Crippen molar-refractivity contribution in [3.8, 4) is 17.2 Å². The van der Waals surface area contributed by atoms with Crippen molar-refractivity contribution >= 4 is 10.0 Å². The van der Waals surface area contributed by atoms with E-state index in [0.29, 0.717) is 18.9 Å². The van der Waals surface area contributed by atoms with Gasteiger partial charge in [0.05, 0.1) is 12.4 Å². The van der Waals surface area contributed by atoms with Crippen molar-refractivity contribution in [2.24, 2.45) is 0 Å². The van der Waals surface area contributed by atoms with Crippen LogP contribution in [0.1, 0.15) is 26.2 Å². The maximum atomic E-state index is 11.2. The molecule has 0 atom stereocenters. The minimum atomic E-state index is -3.07. The maximum absolute atomic E-state index is 11.2. The number of hydrogen-bond donors (Lipinski definition) is 1. The summed E-state index contributed by atoms with van der Waals surface area (Å²) in [5.74, 6) is 2.33. The van der Waals surface area contributed by atoms with Gasteiger partial charge >= 0.3 is 0 Å². The molecular formula is C14H21NO5S. The monoisotopic (exact) mass is 315 g/mol. The van der Waals surface area contributed by atoms with Gasteiger partial charge in [0.25, 0.3) is 0 Å². The molecule has 7 heteroatoms. The number of fused-ring (bicyclic) bond motifs is 1. The second-order valence-corrected chi connectivity index (χ2v) is 6.82. The molecule has 118 valence electrons. The van der Waals surface area contributed by atoms with E-state index in [0.717, 1.165) is 30.8 Å². The molecule has 2 rings (SSSR count). The van der Waals surface area contributed by atoms with Gasteiger partial charge in [-0.2, -0.15) is 0 Å². The zero-order valence-corrected chi connectivity index (χ0v) is 12.9. The predicted molar refractivity (Wildman–Crippen MR) is 79.4 cm³/mol. The molecule has 1 aliphatic heterocycles. The molecule has 0 unspecified atom stereocenters. The SMILES string of the molecule is CCS(=O)(=O)NCCCCCOc1ccc2c(c1)OCO2. The van der Waals surface area contributed by atoms with Gasteiger partial charge in [-0.3, -0.25) is 0 Å². The van der Waals surface area contributed by atoms with Crippen LogP contribution < -0.4 is 18.9 Å². The molecule has 21 heavy (non-hydrogen) atoms. The van der Waals surface area contributed by atoms with E-state index < -0.39 is 10.0 Å². The molecule has 1 aliphatic rings. The van der Waals surface area contributed by atoms with E-state index in [-0.39, 0.29) is 12.5 Å². The van der Waals surface area contributed by atoms with E-state index in [1.54, 1.807) is 6.92 Å². The van der Waals surface area contributed by atoms with Crippen LogP contribution >= 0.6 is 0 Å². The van der Waals surface area contributed by atoms with Crippen LogP contribution in [0.5, 0.6) is 17.2 Å². The molecule has 0 bridgehead atoms.